The largest absolute Gasteiger partial charge is 0.326 e. The van der Waals surface area contributed by atoms with Crippen LogP contribution in [0.25, 0.3) is 0 Å². The molecule has 2 atom stereocenters. The molecule has 1 aromatic carbocycles. The third kappa shape index (κ3) is 2.93. The summed E-state index contributed by atoms with van der Waals surface area (Å²) in [7, 11) is 0. The maximum atomic E-state index is 6.29. The van der Waals surface area contributed by atoms with Gasteiger partial charge in [0, 0.05) is 16.2 Å². The first-order chi connectivity index (χ1) is 7.90. The molecule has 1 saturated carbocycles. The summed E-state index contributed by atoms with van der Waals surface area (Å²) in [5, 5.41) is 1.69. The van der Waals surface area contributed by atoms with Crippen molar-refractivity contribution in [1.82, 2.24) is 0 Å². The summed E-state index contributed by atoms with van der Waals surface area (Å²) in [6.07, 6.45) is 2.35. The summed E-state index contributed by atoms with van der Waals surface area (Å²) >= 11 is 13.7. The van der Waals surface area contributed by atoms with Crippen LogP contribution in [-0.4, -0.2) is 11.3 Å². The van der Waals surface area contributed by atoms with Gasteiger partial charge in [0.05, 0.1) is 10.0 Å². The molecular weight excluding hydrogens is 273 g/mol. The van der Waals surface area contributed by atoms with Gasteiger partial charge in [-0.05, 0) is 36.5 Å². The van der Waals surface area contributed by atoms with Crippen LogP contribution in [0.5, 0.6) is 0 Å². The van der Waals surface area contributed by atoms with E-state index in [-0.39, 0.29) is 11.5 Å². The van der Waals surface area contributed by atoms with Gasteiger partial charge in [-0.2, -0.15) is 0 Å². The minimum atomic E-state index is 0.238. The molecular formula is C13H17Cl2NS. The van der Waals surface area contributed by atoms with E-state index in [0.717, 1.165) is 4.90 Å². The Balaban J connectivity index is 2.09. The molecule has 0 heterocycles. The first-order valence-electron chi connectivity index (χ1n) is 5.77. The Morgan fingerprint density at radius 1 is 1.29 bits per heavy atom. The third-order valence-corrected chi connectivity index (χ3v) is 5.65. The number of hydrogen-bond acceptors (Lipinski definition) is 2. The van der Waals surface area contributed by atoms with E-state index in [0.29, 0.717) is 15.3 Å². The van der Waals surface area contributed by atoms with Crippen LogP contribution in [0.2, 0.25) is 10.0 Å². The van der Waals surface area contributed by atoms with Gasteiger partial charge >= 0.3 is 0 Å². The molecule has 0 bridgehead atoms. The molecule has 0 spiro atoms. The van der Waals surface area contributed by atoms with Gasteiger partial charge in [0.15, 0.2) is 0 Å². The number of nitrogens with two attached hydrogens (primary N) is 1. The van der Waals surface area contributed by atoms with Gasteiger partial charge in [0.1, 0.15) is 0 Å². The predicted octanol–water partition coefficient (Wildman–Crippen LogP) is 4.60. The molecule has 1 aliphatic carbocycles. The monoisotopic (exact) mass is 289 g/mol. The van der Waals surface area contributed by atoms with Crippen molar-refractivity contribution in [2.45, 2.75) is 42.9 Å². The molecule has 94 valence electrons. The standard InChI is InChI=1S/C13H17Cl2NS/c1-13(2)6-5-11(12(13)16)17-8-3-4-9(14)10(15)7-8/h3-4,7,11-12H,5-6,16H2,1-2H3. The van der Waals surface area contributed by atoms with E-state index >= 15 is 0 Å². The number of hydrogen-bond donors (Lipinski definition) is 1. The quantitative estimate of drug-likeness (QED) is 0.861. The van der Waals surface area contributed by atoms with Crippen LogP contribution in [0.3, 0.4) is 0 Å². The summed E-state index contributed by atoms with van der Waals surface area (Å²) in [5.74, 6) is 0. The number of halogens is 2. The van der Waals surface area contributed by atoms with Gasteiger partial charge in [0.25, 0.3) is 0 Å². The van der Waals surface area contributed by atoms with E-state index in [1.165, 1.54) is 12.8 Å². The van der Waals surface area contributed by atoms with Crippen LogP contribution in [0, 0.1) is 5.41 Å². The molecule has 2 unspecified atom stereocenters. The Bertz CT molecular complexity index is 420. The molecule has 2 rings (SSSR count). The Morgan fingerprint density at radius 2 is 2.00 bits per heavy atom. The molecule has 0 aromatic heterocycles. The van der Waals surface area contributed by atoms with E-state index in [4.69, 9.17) is 28.9 Å². The highest BCUT2D eigenvalue weighted by Crippen LogP contribution is 2.44. The molecule has 1 nitrogen and oxygen atoms in total. The van der Waals surface area contributed by atoms with Crippen molar-refractivity contribution in [2.24, 2.45) is 11.1 Å². The minimum Gasteiger partial charge on any atom is -0.326 e. The zero-order valence-electron chi connectivity index (χ0n) is 10.0. The van der Waals surface area contributed by atoms with Crippen LogP contribution in [0.1, 0.15) is 26.7 Å². The molecule has 1 aliphatic rings. The van der Waals surface area contributed by atoms with E-state index in [1.807, 2.05) is 30.0 Å². The smallest absolute Gasteiger partial charge is 0.0603 e. The second-order valence-corrected chi connectivity index (χ2v) is 7.41. The van der Waals surface area contributed by atoms with Crippen LogP contribution in [-0.2, 0) is 0 Å². The van der Waals surface area contributed by atoms with Crippen LogP contribution in [0.15, 0.2) is 23.1 Å². The second-order valence-electron chi connectivity index (χ2n) is 5.29. The van der Waals surface area contributed by atoms with Gasteiger partial charge in [-0.3, -0.25) is 0 Å². The van der Waals surface area contributed by atoms with E-state index in [1.54, 1.807) is 0 Å². The van der Waals surface area contributed by atoms with Gasteiger partial charge in [-0.25, -0.2) is 0 Å². The lowest BCUT2D eigenvalue weighted by molar-refractivity contribution is 0.334. The molecule has 1 fully saturated rings. The molecule has 17 heavy (non-hydrogen) atoms. The van der Waals surface area contributed by atoms with E-state index < -0.39 is 0 Å². The molecule has 0 amide bonds. The second kappa shape index (κ2) is 5.00. The van der Waals surface area contributed by atoms with Crippen LogP contribution in [0.4, 0.5) is 0 Å². The first-order valence-corrected chi connectivity index (χ1v) is 7.41. The fourth-order valence-electron chi connectivity index (χ4n) is 2.22. The highest BCUT2D eigenvalue weighted by Gasteiger charge is 2.39. The molecule has 2 N–H and O–H groups in total. The summed E-state index contributed by atoms with van der Waals surface area (Å²) in [6, 6.07) is 6.02. The van der Waals surface area contributed by atoms with E-state index in [9.17, 15) is 0 Å². The van der Waals surface area contributed by atoms with Crippen molar-refractivity contribution in [3.8, 4) is 0 Å². The fourth-order valence-corrected chi connectivity index (χ4v) is 4.02. The molecule has 4 heteroatoms. The van der Waals surface area contributed by atoms with Crippen molar-refractivity contribution in [1.29, 1.82) is 0 Å². The Kier molecular flexibility index (Phi) is 3.99. The van der Waals surface area contributed by atoms with E-state index in [2.05, 4.69) is 13.8 Å². The Morgan fingerprint density at radius 3 is 2.53 bits per heavy atom. The lowest BCUT2D eigenvalue weighted by Gasteiger charge is -2.26. The van der Waals surface area contributed by atoms with Gasteiger partial charge in [0.2, 0.25) is 0 Å². The zero-order valence-corrected chi connectivity index (χ0v) is 12.4. The average molecular weight is 290 g/mol. The number of rotatable bonds is 2. The molecule has 0 radical (unpaired) electrons. The van der Waals surface area contributed by atoms with Crippen molar-refractivity contribution in [3.63, 3.8) is 0 Å². The minimum absolute atomic E-state index is 0.238. The summed E-state index contributed by atoms with van der Waals surface area (Å²) in [4.78, 5) is 1.15. The zero-order chi connectivity index (χ0) is 12.6. The van der Waals surface area contributed by atoms with Crippen LogP contribution < -0.4 is 5.73 Å². The summed E-state index contributed by atoms with van der Waals surface area (Å²) in [6.45, 7) is 4.49. The third-order valence-electron chi connectivity index (χ3n) is 3.55. The normalized spacial score (nSPS) is 27.4. The SMILES string of the molecule is CC1(C)CCC(Sc2ccc(Cl)c(Cl)c2)C1N. The molecule has 0 aliphatic heterocycles. The van der Waals surface area contributed by atoms with Crippen LogP contribution >= 0.6 is 35.0 Å². The summed E-state index contributed by atoms with van der Waals surface area (Å²) in [5.41, 5.74) is 6.54. The topological polar surface area (TPSA) is 26.0 Å². The highest BCUT2D eigenvalue weighted by atomic mass is 35.5. The Hall–Kier alpha value is 0.110. The van der Waals surface area contributed by atoms with Crippen molar-refractivity contribution >= 4 is 35.0 Å². The number of benzene rings is 1. The molecule has 1 aromatic rings. The fraction of sp³-hybridized carbons (Fsp3) is 0.538. The molecule has 0 saturated heterocycles. The maximum absolute atomic E-state index is 6.29. The highest BCUT2D eigenvalue weighted by molar-refractivity contribution is 8.00. The average Bonchev–Trinajstić information content (AvgIpc) is 2.51. The lowest BCUT2D eigenvalue weighted by Crippen LogP contribution is -2.38. The number of thioether (sulfide) groups is 1. The summed E-state index contributed by atoms with van der Waals surface area (Å²) < 4.78 is 0. The van der Waals surface area contributed by atoms with Crippen molar-refractivity contribution < 1.29 is 0 Å². The maximum Gasteiger partial charge on any atom is 0.0603 e. The first kappa shape index (κ1) is 13.5. The van der Waals surface area contributed by atoms with Crippen molar-refractivity contribution in [2.75, 3.05) is 0 Å². The predicted molar refractivity (Wildman–Crippen MR) is 77.1 cm³/mol. The van der Waals surface area contributed by atoms with Gasteiger partial charge in [-0.15, -0.1) is 11.8 Å². The lowest BCUT2D eigenvalue weighted by atomic mass is 9.88. The van der Waals surface area contributed by atoms with Crippen molar-refractivity contribution in [3.05, 3.63) is 28.2 Å². The van der Waals surface area contributed by atoms with Gasteiger partial charge < -0.3 is 5.73 Å². The van der Waals surface area contributed by atoms with Gasteiger partial charge in [-0.1, -0.05) is 37.0 Å². The Labute approximate surface area is 117 Å².